The molecule has 0 unspecified atom stereocenters. The number of benzene rings is 2. The molecule has 2 aromatic rings. The van der Waals surface area contributed by atoms with E-state index in [9.17, 15) is 4.39 Å². The minimum absolute atomic E-state index is 0. The molecule has 0 bridgehead atoms. The lowest BCUT2D eigenvalue weighted by molar-refractivity contribution is 0.623. The lowest BCUT2D eigenvalue weighted by Gasteiger charge is -2.12. The molecule has 0 aliphatic carbocycles. The second kappa shape index (κ2) is 9.78. The molecule has 3 nitrogen and oxygen atoms in total. The Morgan fingerprint density at radius 1 is 1.05 bits per heavy atom. The Bertz CT molecular complexity index is 600. The van der Waals surface area contributed by atoms with Gasteiger partial charge in [0.25, 0.3) is 0 Å². The summed E-state index contributed by atoms with van der Waals surface area (Å²) in [5, 5.41) is 6.38. The van der Waals surface area contributed by atoms with Gasteiger partial charge in [0.05, 0.1) is 0 Å². The van der Waals surface area contributed by atoms with Gasteiger partial charge < -0.3 is 10.6 Å². The van der Waals surface area contributed by atoms with Gasteiger partial charge in [0, 0.05) is 24.6 Å². The smallest absolute Gasteiger partial charge is 0.191 e. The normalized spacial score (nSPS) is 10.8. The number of nitrogens with zero attached hydrogens (tertiary/aromatic N) is 1. The number of rotatable bonds is 4. The van der Waals surface area contributed by atoms with Crippen LogP contribution in [0.3, 0.4) is 0 Å². The van der Waals surface area contributed by atoms with Crippen molar-refractivity contribution in [2.24, 2.45) is 4.99 Å². The number of hydrogen-bond acceptors (Lipinski definition) is 1. The van der Waals surface area contributed by atoms with Crippen molar-refractivity contribution in [1.29, 1.82) is 0 Å². The van der Waals surface area contributed by atoms with E-state index in [0.717, 1.165) is 10.0 Å². The lowest BCUT2D eigenvalue weighted by Crippen LogP contribution is -2.36. The average Bonchev–Trinajstić information content (AvgIpc) is 2.47. The molecular formula is C16H18BrFIN3. The van der Waals surface area contributed by atoms with Crippen LogP contribution in [-0.2, 0) is 13.1 Å². The molecule has 0 spiro atoms. The summed E-state index contributed by atoms with van der Waals surface area (Å²) < 4.78 is 14.0. The van der Waals surface area contributed by atoms with E-state index < -0.39 is 0 Å². The van der Waals surface area contributed by atoms with Crippen LogP contribution >= 0.6 is 39.9 Å². The second-order valence-electron chi connectivity index (χ2n) is 4.54. The molecule has 0 fully saturated rings. The molecule has 0 aliphatic rings. The van der Waals surface area contributed by atoms with Crippen molar-refractivity contribution >= 4 is 45.9 Å². The molecule has 0 aliphatic heterocycles. The van der Waals surface area contributed by atoms with Crippen LogP contribution in [0.25, 0.3) is 0 Å². The molecule has 0 atom stereocenters. The lowest BCUT2D eigenvalue weighted by atomic mass is 10.2. The van der Waals surface area contributed by atoms with E-state index in [1.165, 1.54) is 17.7 Å². The predicted molar refractivity (Wildman–Crippen MR) is 103 cm³/mol. The van der Waals surface area contributed by atoms with Gasteiger partial charge in [0.15, 0.2) is 5.96 Å². The molecular weight excluding hydrogens is 460 g/mol. The number of nitrogens with one attached hydrogen (secondary N) is 2. The number of hydrogen-bond donors (Lipinski definition) is 2. The zero-order valence-corrected chi connectivity index (χ0v) is 16.1. The van der Waals surface area contributed by atoms with Crippen molar-refractivity contribution in [2.45, 2.75) is 13.1 Å². The Kier molecular flexibility index (Phi) is 8.40. The van der Waals surface area contributed by atoms with E-state index >= 15 is 0 Å². The van der Waals surface area contributed by atoms with Crippen LogP contribution in [0, 0.1) is 5.82 Å². The topological polar surface area (TPSA) is 36.4 Å². The van der Waals surface area contributed by atoms with Gasteiger partial charge >= 0.3 is 0 Å². The fourth-order valence-corrected chi connectivity index (χ4v) is 2.41. The van der Waals surface area contributed by atoms with Gasteiger partial charge in [-0.15, -0.1) is 24.0 Å². The minimum atomic E-state index is -0.256. The van der Waals surface area contributed by atoms with Crippen LogP contribution < -0.4 is 10.6 Å². The molecule has 0 heterocycles. The number of guanidine groups is 1. The molecule has 2 aromatic carbocycles. The first-order chi connectivity index (χ1) is 10.2. The monoisotopic (exact) mass is 477 g/mol. The summed E-state index contributed by atoms with van der Waals surface area (Å²) in [6.45, 7) is 1.19. The fraction of sp³-hybridized carbons (Fsp3) is 0.188. The standard InChI is InChI=1S/C16H17BrFN3.HI/c1-19-16(20-10-12-5-3-2-4-6-12)21-11-13-7-14(17)9-15(18)8-13;/h2-9H,10-11H2,1H3,(H2,19,20,21);1H. The Balaban J connectivity index is 0.00000242. The average molecular weight is 478 g/mol. The molecule has 2 N–H and O–H groups in total. The van der Waals surface area contributed by atoms with E-state index in [0.29, 0.717) is 19.0 Å². The Hall–Kier alpha value is -1.15. The van der Waals surface area contributed by atoms with E-state index in [1.54, 1.807) is 7.05 Å². The molecule has 6 heteroatoms. The highest BCUT2D eigenvalue weighted by Gasteiger charge is 2.01. The maximum atomic E-state index is 13.3. The summed E-state index contributed by atoms with van der Waals surface area (Å²) in [5.74, 6) is 0.424. The van der Waals surface area contributed by atoms with Crippen molar-refractivity contribution in [1.82, 2.24) is 10.6 Å². The third-order valence-corrected chi connectivity index (χ3v) is 3.37. The van der Waals surface area contributed by atoms with Crippen molar-refractivity contribution in [3.8, 4) is 0 Å². The highest BCUT2D eigenvalue weighted by atomic mass is 127. The van der Waals surface area contributed by atoms with E-state index in [2.05, 4.69) is 31.6 Å². The Morgan fingerprint density at radius 2 is 1.68 bits per heavy atom. The van der Waals surface area contributed by atoms with Gasteiger partial charge in [-0.05, 0) is 29.3 Å². The Labute approximate surface area is 155 Å². The van der Waals surface area contributed by atoms with E-state index in [1.807, 2.05) is 36.4 Å². The molecule has 22 heavy (non-hydrogen) atoms. The molecule has 0 saturated carbocycles. The Morgan fingerprint density at radius 3 is 2.27 bits per heavy atom. The molecule has 0 saturated heterocycles. The third-order valence-electron chi connectivity index (χ3n) is 2.91. The summed E-state index contributed by atoms with van der Waals surface area (Å²) in [6, 6.07) is 14.9. The summed E-state index contributed by atoms with van der Waals surface area (Å²) in [4.78, 5) is 4.15. The van der Waals surface area contributed by atoms with Gasteiger partial charge in [-0.1, -0.05) is 46.3 Å². The number of aliphatic imine (C=N–C) groups is 1. The van der Waals surface area contributed by atoms with Crippen molar-refractivity contribution in [2.75, 3.05) is 7.05 Å². The molecule has 0 aromatic heterocycles. The van der Waals surface area contributed by atoms with Gasteiger partial charge in [0.1, 0.15) is 5.82 Å². The van der Waals surface area contributed by atoms with Crippen molar-refractivity contribution in [3.63, 3.8) is 0 Å². The fourth-order valence-electron chi connectivity index (χ4n) is 1.90. The first kappa shape index (κ1) is 18.9. The van der Waals surface area contributed by atoms with E-state index in [4.69, 9.17) is 0 Å². The quantitative estimate of drug-likeness (QED) is 0.395. The van der Waals surface area contributed by atoms with Crippen LogP contribution in [0.2, 0.25) is 0 Å². The summed E-state index contributed by atoms with van der Waals surface area (Å²) in [7, 11) is 1.71. The molecule has 0 radical (unpaired) electrons. The third kappa shape index (κ3) is 6.31. The van der Waals surface area contributed by atoms with Gasteiger partial charge in [-0.3, -0.25) is 4.99 Å². The van der Waals surface area contributed by atoms with Crippen molar-refractivity contribution < 1.29 is 4.39 Å². The molecule has 0 amide bonds. The highest BCUT2D eigenvalue weighted by molar-refractivity contribution is 14.0. The first-order valence-electron chi connectivity index (χ1n) is 6.61. The second-order valence-corrected chi connectivity index (χ2v) is 5.46. The SMILES string of the molecule is CN=C(NCc1ccccc1)NCc1cc(F)cc(Br)c1.I. The van der Waals surface area contributed by atoms with Crippen LogP contribution in [0.15, 0.2) is 58.0 Å². The highest BCUT2D eigenvalue weighted by Crippen LogP contribution is 2.14. The van der Waals surface area contributed by atoms with Gasteiger partial charge in [-0.25, -0.2) is 4.39 Å². The summed E-state index contributed by atoms with van der Waals surface area (Å²) in [5.41, 5.74) is 2.03. The van der Waals surface area contributed by atoms with Gasteiger partial charge in [0.2, 0.25) is 0 Å². The van der Waals surface area contributed by atoms with Gasteiger partial charge in [-0.2, -0.15) is 0 Å². The van der Waals surface area contributed by atoms with E-state index in [-0.39, 0.29) is 29.8 Å². The zero-order valence-electron chi connectivity index (χ0n) is 12.1. The predicted octanol–water partition coefficient (Wildman–Crippen LogP) is 4.07. The largest absolute Gasteiger partial charge is 0.352 e. The maximum absolute atomic E-state index is 13.3. The minimum Gasteiger partial charge on any atom is -0.352 e. The maximum Gasteiger partial charge on any atom is 0.191 e. The van der Waals surface area contributed by atoms with Crippen LogP contribution in [0.4, 0.5) is 4.39 Å². The zero-order chi connectivity index (χ0) is 15.1. The number of halogens is 3. The summed E-state index contributed by atoms with van der Waals surface area (Å²) in [6.07, 6.45) is 0. The van der Waals surface area contributed by atoms with Crippen LogP contribution in [-0.4, -0.2) is 13.0 Å². The van der Waals surface area contributed by atoms with Crippen molar-refractivity contribution in [3.05, 3.63) is 69.9 Å². The molecule has 2 rings (SSSR count). The molecule has 118 valence electrons. The van der Waals surface area contributed by atoms with Crippen LogP contribution in [0.1, 0.15) is 11.1 Å². The first-order valence-corrected chi connectivity index (χ1v) is 7.40. The summed E-state index contributed by atoms with van der Waals surface area (Å²) >= 11 is 3.28. The van der Waals surface area contributed by atoms with Crippen LogP contribution in [0.5, 0.6) is 0 Å².